The van der Waals surface area contributed by atoms with Crippen molar-refractivity contribution >= 4 is 40.7 Å². The molecule has 4 rings (SSSR count). The van der Waals surface area contributed by atoms with Gasteiger partial charge in [0, 0.05) is 11.3 Å². The topological polar surface area (TPSA) is 93.1 Å². The second-order valence-electron chi connectivity index (χ2n) is 10.2. The Bertz CT molecular complexity index is 1470. The summed E-state index contributed by atoms with van der Waals surface area (Å²) in [6.07, 6.45) is 0. The standard InChI is InChI=1S/C31H30ClNO6/c1-6-39-22-14-15-24(32)23(17-22)27(34)25-26(18-10-12-20(13-11-18)31(2,3)4)33(29(36)28(25)35)21-9-7-8-19(16-21)30(37)38-5/h7-17,26,34H,6H2,1-5H3/b27-25+. The molecule has 1 aliphatic rings. The quantitative estimate of drug-likeness (QED) is 0.165. The third-order valence-corrected chi connectivity index (χ3v) is 6.92. The zero-order chi connectivity index (χ0) is 28.5. The lowest BCUT2D eigenvalue weighted by molar-refractivity contribution is -0.132. The van der Waals surface area contributed by atoms with E-state index in [1.807, 2.05) is 31.2 Å². The van der Waals surface area contributed by atoms with Crippen LogP contribution in [0.1, 0.15) is 60.8 Å². The molecule has 0 radical (unpaired) electrons. The van der Waals surface area contributed by atoms with Crippen molar-refractivity contribution in [1.82, 2.24) is 0 Å². The first-order chi connectivity index (χ1) is 18.5. The lowest BCUT2D eigenvalue weighted by Gasteiger charge is -2.27. The van der Waals surface area contributed by atoms with Crippen LogP contribution >= 0.6 is 11.6 Å². The van der Waals surface area contributed by atoms with Crippen molar-refractivity contribution in [3.8, 4) is 5.75 Å². The summed E-state index contributed by atoms with van der Waals surface area (Å²) in [7, 11) is 1.26. The molecule has 1 saturated heterocycles. The number of ether oxygens (including phenoxy) is 2. The fourth-order valence-electron chi connectivity index (χ4n) is 4.57. The Morgan fingerprint density at radius 1 is 1.03 bits per heavy atom. The van der Waals surface area contributed by atoms with E-state index in [0.29, 0.717) is 23.6 Å². The maximum Gasteiger partial charge on any atom is 0.337 e. The highest BCUT2D eigenvalue weighted by Gasteiger charge is 2.47. The molecule has 0 bridgehead atoms. The third kappa shape index (κ3) is 5.40. The number of ketones is 1. The number of aliphatic hydroxyl groups excluding tert-OH is 1. The van der Waals surface area contributed by atoms with E-state index in [0.717, 1.165) is 5.56 Å². The predicted molar refractivity (Wildman–Crippen MR) is 150 cm³/mol. The first-order valence-corrected chi connectivity index (χ1v) is 12.9. The van der Waals surface area contributed by atoms with Crippen LogP contribution in [0.2, 0.25) is 5.02 Å². The van der Waals surface area contributed by atoms with Gasteiger partial charge in [-0.25, -0.2) is 4.79 Å². The van der Waals surface area contributed by atoms with Gasteiger partial charge in [-0.15, -0.1) is 0 Å². The molecule has 1 unspecified atom stereocenters. The van der Waals surface area contributed by atoms with Crippen LogP contribution in [0.3, 0.4) is 0 Å². The van der Waals surface area contributed by atoms with Crippen molar-refractivity contribution in [2.24, 2.45) is 0 Å². The average molecular weight is 548 g/mol. The average Bonchev–Trinajstić information content (AvgIpc) is 3.18. The summed E-state index contributed by atoms with van der Waals surface area (Å²) >= 11 is 6.43. The van der Waals surface area contributed by atoms with Crippen LogP contribution in [-0.4, -0.2) is 36.5 Å². The van der Waals surface area contributed by atoms with Gasteiger partial charge in [0.25, 0.3) is 11.7 Å². The summed E-state index contributed by atoms with van der Waals surface area (Å²) in [5.74, 6) is -2.27. The van der Waals surface area contributed by atoms with Gasteiger partial charge in [-0.05, 0) is 59.9 Å². The predicted octanol–water partition coefficient (Wildman–Crippen LogP) is 6.45. The highest BCUT2D eigenvalue weighted by Crippen LogP contribution is 2.44. The zero-order valence-corrected chi connectivity index (χ0v) is 23.2. The minimum atomic E-state index is -0.987. The molecule has 0 spiro atoms. The van der Waals surface area contributed by atoms with Gasteiger partial charge in [0.1, 0.15) is 11.5 Å². The number of hydrogen-bond acceptors (Lipinski definition) is 6. The van der Waals surface area contributed by atoms with E-state index in [2.05, 4.69) is 20.8 Å². The van der Waals surface area contributed by atoms with Crippen molar-refractivity contribution in [3.05, 3.63) is 99.6 Å². The molecule has 1 atom stereocenters. The summed E-state index contributed by atoms with van der Waals surface area (Å²) in [6, 6.07) is 17.6. The number of hydrogen-bond donors (Lipinski definition) is 1. The molecular weight excluding hydrogens is 518 g/mol. The second kappa shape index (κ2) is 10.9. The Kier molecular flexibility index (Phi) is 7.84. The van der Waals surface area contributed by atoms with Gasteiger partial charge in [0.05, 0.1) is 35.9 Å². The van der Waals surface area contributed by atoms with Gasteiger partial charge in [-0.3, -0.25) is 14.5 Å². The molecule has 3 aromatic carbocycles. The number of carbonyl (C=O) groups is 3. The highest BCUT2D eigenvalue weighted by molar-refractivity contribution is 6.52. The van der Waals surface area contributed by atoms with Gasteiger partial charge < -0.3 is 14.6 Å². The fraction of sp³-hybridized carbons (Fsp3) is 0.258. The number of methoxy groups -OCH3 is 1. The number of aliphatic hydroxyl groups is 1. The van der Waals surface area contributed by atoms with Gasteiger partial charge in [0.2, 0.25) is 0 Å². The van der Waals surface area contributed by atoms with Gasteiger partial charge in [-0.1, -0.05) is 62.7 Å². The van der Waals surface area contributed by atoms with Gasteiger partial charge in [-0.2, -0.15) is 0 Å². The Balaban J connectivity index is 1.96. The summed E-state index contributed by atoms with van der Waals surface area (Å²) in [5, 5.41) is 11.7. The number of nitrogens with zero attached hydrogens (tertiary/aromatic N) is 1. The molecule has 1 heterocycles. The molecular formula is C31H30ClNO6. The van der Waals surface area contributed by atoms with Gasteiger partial charge >= 0.3 is 5.97 Å². The maximum absolute atomic E-state index is 13.5. The SMILES string of the molecule is CCOc1ccc(Cl)c(/C(O)=C2\C(=O)C(=O)N(c3cccc(C(=O)OC)c3)C2c2ccc(C(C)(C)C)cc2)c1. The van der Waals surface area contributed by atoms with E-state index < -0.39 is 29.5 Å². The van der Waals surface area contributed by atoms with Crippen LogP contribution in [-0.2, 0) is 19.7 Å². The number of amides is 1. The van der Waals surface area contributed by atoms with Crippen LogP contribution in [0.5, 0.6) is 5.75 Å². The van der Waals surface area contributed by atoms with Crippen LogP contribution in [0.4, 0.5) is 5.69 Å². The van der Waals surface area contributed by atoms with E-state index in [4.69, 9.17) is 21.1 Å². The molecule has 3 aromatic rings. The summed E-state index contributed by atoms with van der Waals surface area (Å²) in [4.78, 5) is 40.6. The Morgan fingerprint density at radius 3 is 2.33 bits per heavy atom. The Labute approximate surface area is 232 Å². The van der Waals surface area contributed by atoms with E-state index in [1.165, 1.54) is 24.1 Å². The molecule has 0 saturated carbocycles. The number of halogens is 1. The minimum Gasteiger partial charge on any atom is -0.507 e. The molecule has 1 amide bonds. The van der Waals surface area contributed by atoms with Crippen molar-refractivity contribution in [2.75, 3.05) is 18.6 Å². The second-order valence-corrected chi connectivity index (χ2v) is 10.6. The van der Waals surface area contributed by atoms with Crippen molar-refractivity contribution in [2.45, 2.75) is 39.2 Å². The molecule has 1 aliphatic heterocycles. The van der Waals surface area contributed by atoms with E-state index in [9.17, 15) is 19.5 Å². The van der Waals surface area contributed by atoms with Crippen LogP contribution in [0, 0.1) is 0 Å². The fourth-order valence-corrected chi connectivity index (χ4v) is 4.77. The van der Waals surface area contributed by atoms with Crippen molar-refractivity contribution in [3.63, 3.8) is 0 Å². The summed E-state index contributed by atoms with van der Waals surface area (Å²) < 4.78 is 10.4. The van der Waals surface area contributed by atoms with Crippen molar-refractivity contribution in [1.29, 1.82) is 0 Å². The van der Waals surface area contributed by atoms with Crippen LogP contribution in [0.25, 0.3) is 5.76 Å². The summed E-state index contributed by atoms with van der Waals surface area (Å²) in [6.45, 7) is 8.46. The van der Waals surface area contributed by atoms with Crippen molar-refractivity contribution < 1.29 is 29.0 Å². The maximum atomic E-state index is 13.5. The highest BCUT2D eigenvalue weighted by atomic mass is 35.5. The van der Waals surface area contributed by atoms with E-state index in [-0.39, 0.29) is 27.1 Å². The van der Waals surface area contributed by atoms with E-state index >= 15 is 0 Å². The normalized spacial score (nSPS) is 16.9. The molecule has 202 valence electrons. The molecule has 7 nitrogen and oxygen atoms in total. The van der Waals surface area contributed by atoms with Gasteiger partial charge in [0.15, 0.2) is 0 Å². The molecule has 39 heavy (non-hydrogen) atoms. The Morgan fingerprint density at radius 2 is 1.72 bits per heavy atom. The van der Waals surface area contributed by atoms with Crippen LogP contribution in [0.15, 0.2) is 72.3 Å². The largest absolute Gasteiger partial charge is 0.507 e. The first kappa shape index (κ1) is 27.9. The number of esters is 1. The zero-order valence-electron chi connectivity index (χ0n) is 22.4. The summed E-state index contributed by atoms with van der Waals surface area (Å²) in [5.41, 5.74) is 2.10. The smallest absolute Gasteiger partial charge is 0.337 e. The minimum absolute atomic E-state index is 0.123. The molecule has 0 aliphatic carbocycles. The lowest BCUT2D eigenvalue weighted by atomic mass is 9.85. The molecule has 1 N–H and O–H groups in total. The number of carbonyl (C=O) groups excluding carboxylic acids is 3. The molecule has 1 fully saturated rings. The third-order valence-electron chi connectivity index (χ3n) is 6.59. The first-order valence-electron chi connectivity index (χ1n) is 12.5. The van der Waals surface area contributed by atoms with E-state index in [1.54, 1.807) is 30.3 Å². The number of Topliss-reactive ketones (excluding diaryl/α,β-unsaturated/α-hetero) is 1. The number of rotatable bonds is 6. The number of anilines is 1. The number of benzene rings is 3. The Hall–Kier alpha value is -4.10. The van der Waals surface area contributed by atoms with Crippen LogP contribution < -0.4 is 9.64 Å². The monoisotopic (exact) mass is 547 g/mol. The lowest BCUT2D eigenvalue weighted by Crippen LogP contribution is -2.29. The molecule has 0 aromatic heterocycles. The molecule has 8 heteroatoms.